The number of guanidine groups is 1. The van der Waals surface area contributed by atoms with E-state index in [1.807, 2.05) is 19.2 Å². The van der Waals surface area contributed by atoms with Gasteiger partial charge in [-0.25, -0.2) is 4.39 Å². The average molecular weight is 421 g/mol. The molecule has 0 radical (unpaired) electrons. The molecule has 30 heavy (non-hydrogen) atoms. The van der Waals surface area contributed by atoms with Gasteiger partial charge in [-0.1, -0.05) is 18.2 Å². The number of halogens is 1. The fraction of sp³-hybridized carbons (Fsp3) is 0.696. The van der Waals surface area contributed by atoms with Gasteiger partial charge in [-0.15, -0.1) is 0 Å². The predicted octanol–water partition coefficient (Wildman–Crippen LogP) is 2.65. The molecule has 168 valence electrons. The number of aliphatic imine (C=N–C) groups is 1. The molecule has 2 saturated heterocycles. The predicted molar refractivity (Wildman–Crippen MR) is 118 cm³/mol. The van der Waals surface area contributed by atoms with Gasteiger partial charge in [-0.05, 0) is 50.8 Å². The lowest BCUT2D eigenvalue weighted by molar-refractivity contribution is 0.0888. The maximum Gasteiger partial charge on any atom is 0.190 e. The lowest BCUT2D eigenvalue weighted by Gasteiger charge is -2.32. The standard InChI is InChI=1S/C23H37FN4O2/c1-25-23(26-10-4-13-29-17-20-9-14-30-18-20)27-15-19-7-11-28(12-8-19)16-21-5-2-3-6-22(21)24/h2-3,5-6,19-20H,4,7-18H2,1H3,(H2,25,26,27). The van der Waals surface area contributed by atoms with Crippen LogP contribution in [0.15, 0.2) is 29.3 Å². The van der Waals surface area contributed by atoms with Crippen LogP contribution in [0.5, 0.6) is 0 Å². The van der Waals surface area contributed by atoms with Crippen LogP contribution in [0.4, 0.5) is 4.39 Å². The van der Waals surface area contributed by atoms with Gasteiger partial charge in [0.15, 0.2) is 5.96 Å². The molecule has 2 heterocycles. The highest BCUT2D eigenvalue weighted by Crippen LogP contribution is 2.19. The first-order chi connectivity index (χ1) is 14.7. The Balaban J connectivity index is 1.23. The summed E-state index contributed by atoms with van der Waals surface area (Å²) in [6, 6.07) is 7.08. The Hall–Kier alpha value is -1.70. The lowest BCUT2D eigenvalue weighted by atomic mass is 9.96. The van der Waals surface area contributed by atoms with Crippen LogP contribution in [-0.4, -0.2) is 70.5 Å². The van der Waals surface area contributed by atoms with Gasteiger partial charge in [0, 0.05) is 51.4 Å². The monoisotopic (exact) mass is 420 g/mol. The molecule has 0 spiro atoms. The zero-order valence-corrected chi connectivity index (χ0v) is 18.2. The van der Waals surface area contributed by atoms with Gasteiger partial charge >= 0.3 is 0 Å². The van der Waals surface area contributed by atoms with Crippen LogP contribution in [0.25, 0.3) is 0 Å². The number of nitrogens with one attached hydrogen (secondary N) is 2. The van der Waals surface area contributed by atoms with Gasteiger partial charge in [0.05, 0.1) is 13.2 Å². The van der Waals surface area contributed by atoms with E-state index in [1.165, 1.54) is 0 Å². The molecule has 0 aliphatic carbocycles. The molecular formula is C23H37FN4O2. The fourth-order valence-electron chi connectivity index (χ4n) is 4.02. The highest BCUT2D eigenvalue weighted by atomic mass is 19.1. The number of hydrogen-bond acceptors (Lipinski definition) is 4. The summed E-state index contributed by atoms with van der Waals surface area (Å²) >= 11 is 0. The molecule has 2 fully saturated rings. The molecule has 1 aromatic carbocycles. The van der Waals surface area contributed by atoms with Crippen molar-refractivity contribution in [2.75, 3.05) is 59.7 Å². The third kappa shape index (κ3) is 7.85. The third-order valence-corrected chi connectivity index (χ3v) is 5.98. The van der Waals surface area contributed by atoms with E-state index in [4.69, 9.17) is 9.47 Å². The van der Waals surface area contributed by atoms with E-state index < -0.39 is 0 Å². The smallest absolute Gasteiger partial charge is 0.190 e. The van der Waals surface area contributed by atoms with Gasteiger partial charge in [-0.2, -0.15) is 0 Å². The number of benzene rings is 1. The second-order valence-electron chi connectivity index (χ2n) is 8.35. The molecule has 2 N–H and O–H groups in total. The summed E-state index contributed by atoms with van der Waals surface area (Å²) in [6.45, 7) is 7.79. The van der Waals surface area contributed by atoms with Crippen LogP contribution in [-0.2, 0) is 16.0 Å². The van der Waals surface area contributed by atoms with Gasteiger partial charge in [0.1, 0.15) is 5.82 Å². The first kappa shape index (κ1) is 23.0. The number of hydrogen-bond donors (Lipinski definition) is 2. The molecule has 1 atom stereocenters. The highest BCUT2D eigenvalue weighted by Gasteiger charge is 2.20. The average Bonchev–Trinajstić information content (AvgIpc) is 3.29. The Bertz CT molecular complexity index is 644. The van der Waals surface area contributed by atoms with Crippen molar-refractivity contribution in [3.63, 3.8) is 0 Å². The minimum atomic E-state index is -0.103. The molecule has 3 rings (SSSR count). The quantitative estimate of drug-likeness (QED) is 0.346. The summed E-state index contributed by atoms with van der Waals surface area (Å²) in [5, 5.41) is 6.82. The first-order valence-corrected chi connectivity index (χ1v) is 11.3. The Morgan fingerprint density at radius 3 is 2.77 bits per heavy atom. The number of likely N-dealkylation sites (tertiary alicyclic amines) is 1. The largest absolute Gasteiger partial charge is 0.381 e. The number of ether oxygens (including phenoxy) is 2. The van der Waals surface area contributed by atoms with Crippen molar-refractivity contribution in [2.45, 2.75) is 32.2 Å². The summed E-state index contributed by atoms with van der Waals surface area (Å²) in [5.74, 6) is 1.95. The molecule has 0 aromatic heterocycles. The maximum atomic E-state index is 13.8. The van der Waals surface area contributed by atoms with E-state index in [0.717, 1.165) is 89.8 Å². The zero-order valence-electron chi connectivity index (χ0n) is 18.2. The molecule has 7 heteroatoms. The van der Waals surface area contributed by atoms with Crippen LogP contribution in [0.3, 0.4) is 0 Å². The minimum Gasteiger partial charge on any atom is -0.381 e. The summed E-state index contributed by atoms with van der Waals surface area (Å²) in [5.41, 5.74) is 0.791. The van der Waals surface area contributed by atoms with Crippen molar-refractivity contribution in [2.24, 2.45) is 16.8 Å². The van der Waals surface area contributed by atoms with Crippen molar-refractivity contribution < 1.29 is 13.9 Å². The van der Waals surface area contributed by atoms with Crippen molar-refractivity contribution >= 4 is 5.96 Å². The molecule has 1 aromatic rings. The van der Waals surface area contributed by atoms with Crippen molar-refractivity contribution in [3.8, 4) is 0 Å². The SMILES string of the molecule is CN=C(NCCCOCC1CCOC1)NCC1CCN(Cc2ccccc2F)CC1. The summed E-state index contributed by atoms with van der Waals surface area (Å²) in [4.78, 5) is 6.67. The van der Waals surface area contributed by atoms with Crippen LogP contribution >= 0.6 is 0 Å². The van der Waals surface area contributed by atoms with Crippen LogP contribution in [0, 0.1) is 17.7 Å². The van der Waals surface area contributed by atoms with Gasteiger partial charge in [0.2, 0.25) is 0 Å². The number of rotatable bonds is 10. The highest BCUT2D eigenvalue weighted by molar-refractivity contribution is 5.79. The molecular weight excluding hydrogens is 383 g/mol. The van der Waals surface area contributed by atoms with Gasteiger partial charge in [0.25, 0.3) is 0 Å². The van der Waals surface area contributed by atoms with Gasteiger partial charge in [-0.3, -0.25) is 9.89 Å². The summed E-state index contributed by atoms with van der Waals surface area (Å²) in [6.07, 6.45) is 4.33. The molecule has 6 nitrogen and oxygen atoms in total. The van der Waals surface area contributed by atoms with Gasteiger partial charge < -0.3 is 20.1 Å². The second-order valence-corrected chi connectivity index (χ2v) is 8.35. The topological polar surface area (TPSA) is 58.1 Å². The molecule has 2 aliphatic heterocycles. The van der Waals surface area contributed by atoms with Crippen molar-refractivity contribution in [1.29, 1.82) is 0 Å². The van der Waals surface area contributed by atoms with Crippen LogP contribution in [0.1, 0.15) is 31.2 Å². The maximum absolute atomic E-state index is 13.8. The van der Waals surface area contributed by atoms with Crippen molar-refractivity contribution in [1.82, 2.24) is 15.5 Å². The van der Waals surface area contributed by atoms with E-state index in [2.05, 4.69) is 20.5 Å². The minimum absolute atomic E-state index is 0.103. The Kier molecular flexibility index (Phi) is 9.86. The van der Waals surface area contributed by atoms with E-state index in [9.17, 15) is 4.39 Å². The molecule has 0 bridgehead atoms. The first-order valence-electron chi connectivity index (χ1n) is 11.3. The molecule has 0 saturated carbocycles. The fourth-order valence-corrected chi connectivity index (χ4v) is 4.02. The Labute approximate surface area is 180 Å². The van der Waals surface area contributed by atoms with Crippen LogP contribution < -0.4 is 10.6 Å². The van der Waals surface area contributed by atoms with E-state index >= 15 is 0 Å². The second kappa shape index (κ2) is 12.9. The van der Waals surface area contributed by atoms with Crippen LogP contribution in [0.2, 0.25) is 0 Å². The number of piperidine rings is 1. The summed E-state index contributed by atoms with van der Waals surface area (Å²) in [7, 11) is 1.81. The Morgan fingerprint density at radius 1 is 1.20 bits per heavy atom. The van der Waals surface area contributed by atoms with E-state index in [-0.39, 0.29) is 5.82 Å². The zero-order chi connectivity index (χ0) is 21.0. The van der Waals surface area contributed by atoms with Crippen molar-refractivity contribution in [3.05, 3.63) is 35.6 Å². The van der Waals surface area contributed by atoms with E-state index in [0.29, 0.717) is 18.4 Å². The molecule has 1 unspecified atom stereocenters. The summed E-state index contributed by atoms with van der Waals surface area (Å²) < 4.78 is 24.9. The number of nitrogens with zero attached hydrogens (tertiary/aromatic N) is 2. The van der Waals surface area contributed by atoms with E-state index in [1.54, 1.807) is 12.1 Å². The third-order valence-electron chi connectivity index (χ3n) is 5.98. The Morgan fingerprint density at radius 2 is 2.03 bits per heavy atom. The lowest BCUT2D eigenvalue weighted by Crippen LogP contribution is -2.43. The molecule has 2 aliphatic rings. The normalized spacial score (nSPS) is 21.1. The molecule has 0 amide bonds.